The number of likely N-dealkylation sites (tertiary alicyclic amines) is 1. The SMILES string of the molecule is O=C1N(CCc2ccccc2)C[C@@H]2C[C@@H](c3ccc(C#CCCO)cc3)N3CCC[C@@]123. The predicted octanol–water partition coefficient (Wildman–Crippen LogP) is 3.40. The van der Waals surface area contributed by atoms with Gasteiger partial charge in [-0.15, -0.1) is 0 Å². The molecule has 160 valence electrons. The van der Waals surface area contributed by atoms with Gasteiger partial charge in [-0.3, -0.25) is 9.69 Å². The van der Waals surface area contributed by atoms with E-state index >= 15 is 0 Å². The third-order valence-corrected chi connectivity index (χ3v) is 7.41. The first-order valence-electron chi connectivity index (χ1n) is 11.5. The van der Waals surface area contributed by atoms with E-state index in [1.54, 1.807) is 0 Å². The van der Waals surface area contributed by atoms with Crippen LogP contribution in [0.4, 0.5) is 0 Å². The lowest BCUT2D eigenvalue weighted by Gasteiger charge is -2.33. The van der Waals surface area contributed by atoms with Gasteiger partial charge < -0.3 is 10.0 Å². The first-order valence-corrected chi connectivity index (χ1v) is 11.5. The van der Waals surface area contributed by atoms with Gasteiger partial charge in [-0.2, -0.15) is 0 Å². The number of rotatable bonds is 5. The van der Waals surface area contributed by atoms with Crippen LogP contribution >= 0.6 is 0 Å². The van der Waals surface area contributed by atoms with E-state index in [-0.39, 0.29) is 12.1 Å². The minimum Gasteiger partial charge on any atom is -0.395 e. The van der Waals surface area contributed by atoms with Gasteiger partial charge >= 0.3 is 0 Å². The minimum atomic E-state index is -0.277. The summed E-state index contributed by atoms with van der Waals surface area (Å²) in [6, 6.07) is 19.3. The van der Waals surface area contributed by atoms with Crippen molar-refractivity contribution < 1.29 is 9.90 Å². The average Bonchev–Trinajstić information content (AvgIpc) is 3.44. The molecule has 1 spiro atoms. The number of carbonyl (C=O) groups is 1. The van der Waals surface area contributed by atoms with Gasteiger partial charge in [0, 0.05) is 37.0 Å². The summed E-state index contributed by atoms with van der Waals surface area (Å²) >= 11 is 0. The van der Waals surface area contributed by atoms with Crippen LogP contribution in [0.5, 0.6) is 0 Å². The Kier molecular flexibility index (Phi) is 5.56. The Balaban J connectivity index is 1.31. The maximum atomic E-state index is 13.6. The lowest BCUT2D eigenvalue weighted by Crippen LogP contribution is -2.49. The molecule has 3 atom stereocenters. The summed E-state index contributed by atoms with van der Waals surface area (Å²) in [5, 5.41) is 8.89. The summed E-state index contributed by atoms with van der Waals surface area (Å²) in [5.41, 5.74) is 3.30. The Morgan fingerprint density at radius 1 is 1.10 bits per heavy atom. The second-order valence-corrected chi connectivity index (χ2v) is 9.05. The molecule has 1 N–H and O–H groups in total. The number of carbonyl (C=O) groups excluding carboxylic acids is 1. The van der Waals surface area contributed by atoms with Crippen LogP contribution < -0.4 is 0 Å². The van der Waals surface area contributed by atoms with Crippen molar-refractivity contribution >= 4 is 5.91 Å². The number of hydrogen-bond acceptors (Lipinski definition) is 3. The van der Waals surface area contributed by atoms with E-state index in [2.05, 4.69) is 70.2 Å². The Bertz CT molecular complexity index is 991. The van der Waals surface area contributed by atoms with E-state index in [1.807, 2.05) is 6.07 Å². The van der Waals surface area contributed by atoms with E-state index in [0.29, 0.717) is 24.3 Å². The van der Waals surface area contributed by atoms with Gasteiger partial charge in [0.2, 0.25) is 5.91 Å². The predicted molar refractivity (Wildman–Crippen MR) is 121 cm³/mol. The van der Waals surface area contributed by atoms with Crippen molar-refractivity contribution in [3.05, 3.63) is 71.3 Å². The van der Waals surface area contributed by atoms with Crippen molar-refractivity contribution in [1.29, 1.82) is 0 Å². The molecule has 3 aliphatic rings. The fraction of sp³-hybridized carbons (Fsp3) is 0.444. The molecule has 2 aromatic carbocycles. The summed E-state index contributed by atoms with van der Waals surface area (Å²) < 4.78 is 0. The lowest BCUT2D eigenvalue weighted by molar-refractivity contribution is -0.136. The van der Waals surface area contributed by atoms with Crippen molar-refractivity contribution in [1.82, 2.24) is 9.80 Å². The number of benzene rings is 2. The molecule has 3 heterocycles. The zero-order valence-electron chi connectivity index (χ0n) is 18.0. The van der Waals surface area contributed by atoms with Gasteiger partial charge in [-0.1, -0.05) is 54.3 Å². The Hall–Kier alpha value is -2.61. The highest BCUT2D eigenvalue weighted by molar-refractivity contribution is 5.90. The fourth-order valence-corrected chi connectivity index (χ4v) is 6.01. The molecule has 3 fully saturated rings. The molecule has 2 aromatic rings. The Labute approximate surface area is 184 Å². The van der Waals surface area contributed by atoms with Crippen LogP contribution in [0.3, 0.4) is 0 Å². The topological polar surface area (TPSA) is 43.8 Å². The monoisotopic (exact) mass is 414 g/mol. The van der Waals surface area contributed by atoms with Crippen LogP contribution in [0.15, 0.2) is 54.6 Å². The molecule has 3 saturated heterocycles. The van der Waals surface area contributed by atoms with Crippen molar-refractivity contribution in [2.24, 2.45) is 5.92 Å². The Morgan fingerprint density at radius 3 is 2.68 bits per heavy atom. The number of amides is 1. The van der Waals surface area contributed by atoms with Gasteiger partial charge in [0.05, 0.1) is 6.61 Å². The van der Waals surface area contributed by atoms with Crippen LogP contribution in [0, 0.1) is 17.8 Å². The highest BCUT2D eigenvalue weighted by atomic mass is 16.2. The Morgan fingerprint density at radius 2 is 1.90 bits per heavy atom. The van der Waals surface area contributed by atoms with Gasteiger partial charge in [0.1, 0.15) is 5.54 Å². The summed E-state index contributed by atoms with van der Waals surface area (Å²) in [6.07, 6.45) is 4.60. The van der Waals surface area contributed by atoms with Crippen LogP contribution in [0.25, 0.3) is 0 Å². The van der Waals surface area contributed by atoms with Gasteiger partial charge in [0.15, 0.2) is 0 Å². The smallest absolute Gasteiger partial charge is 0.243 e. The highest BCUT2D eigenvalue weighted by Crippen LogP contribution is 2.55. The van der Waals surface area contributed by atoms with Crippen molar-refractivity contribution in [3.8, 4) is 11.8 Å². The third kappa shape index (κ3) is 3.56. The molecule has 1 amide bonds. The molecule has 4 nitrogen and oxygen atoms in total. The van der Waals surface area contributed by atoms with Crippen LogP contribution in [0.1, 0.15) is 48.4 Å². The van der Waals surface area contributed by atoms with Gasteiger partial charge in [0.25, 0.3) is 0 Å². The zero-order valence-corrected chi connectivity index (χ0v) is 18.0. The molecular formula is C27H30N2O2. The number of hydrogen-bond donors (Lipinski definition) is 1. The molecule has 4 heteroatoms. The van der Waals surface area contributed by atoms with Crippen molar-refractivity contribution in [2.75, 3.05) is 26.2 Å². The molecule has 0 aliphatic carbocycles. The third-order valence-electron chi connectivity index (χ3n) is 7.41. The number of aliphatic hydroxyl groups excluding tert-OH is 1. The molecular weight excluding hydrogens is 384 g/mol. The second-order valence-electron chi connectivity index (χ2n) is 9.05. The first kappa shape index (κ1) is 20.3. The van der Waals surface area contributed by atoms with E-state index in [4.69, 9.17) is 5.11 Å². The molecule has 31 heavy (non-hydrogen) atoms. The van der Waals surface area contributed by atoms with Gasteiger partial charge in [-0.25, -0.2) is 0 Å². The van der Waals surface area contributed by atoms with E-state index in [0.717, 1.165) is 50.9 Å². The second kappa shape index (κ2) is 8.49. The average molecular weight is 415 g/mol. The van der Waals surface area contributed by atoms with Crippen molar-refractivity contribution in [2.45, 2.75) is 43.7 Å². The number of aliphatic hydroxyl groups is 1. The van der Waals surface area contributed by atoms with Crippen LogP contribution in [0.2, 0.25) is 0 Å². The maximum absolute atomic E-state index is 13.6. The van der Waals surface area contributed by atoms with Crippen LogP contribution in [-0.4, -0.2) is 52.6 Å². The quantitative estimate of drug-likeness (QED) is 0.763. The van der Waals surface area contributed by atoms with E-state index < -0.39 is 0 Å². The van der Waals surface area contributed by atoms with Crippen molar-refractivity contribution in [3.63, 3.8) is 0 Å². The molecule has 3 aliphatic heterocycles. The molecule has 0 bridgehead atoms. The normalized spacial score (nSPS) is 27.1. The van der Waals surface area contributed by atoms with Crippen LogP contribution in [-0.2, 0) is 11.2 Å². The van der Waals surface area contributed by atoms with Gasteiger partial charge in [-0.05, 0) is 55.5 Å². The summed E-state index contributed by atoms with van der Waals surface area (Å²) in [6.45, 7) is 2.82. The van der Waals surface area contributed by atoms with E-state index in [1.165, 1.54) is 11.1 Å². The lowest BCUT2D eigenvalue weighted by atomic mass is 9.85. The number of nitrogens with zero attached hydrogens (tertiary/aromatic N) is 2. The molecule has 0 aromatic heterocycles. The molecule has 0 saturated carbocycles. The molecule has 0 unspecified atom stereocenters. The summed E-state index contributed by atoms with van der Waals surface area (Å²) in [7, 11) is 0. The first-order chi connectivity index (χ1) is 15.2. The zero-order chi connectivity index (χ0) is 21.3. The largest absolute Gasteiger partial charge is 0.395 e. The summed E-state index contributed by atoms with van der Waals surface area (Å²) in [4.78, 5) is 18.3. The standard InChI is InChI=1S/C27H30N2O2/c30-18-5-4-9-22-10-12-23(13-11-22)25-19-24-20-28(17-14-21-7-2-1-3-8-21)26(31)27(24)15-6-16-29(25)27/h1-3,7-8,10-13,24-25,30H,5-6,14-20H2/t24-,25-,27-/m0/s1. The molecule has 5 rings (SSSR count). The minimum absolute atomic E-state index is 0.0992. The molecule has 0 radical (unpaired) electrons. The van der Waals surface area contributed by atoms with E-state index in [9.17, 15) is 4.79 Å². The highest BCUT2D eigenvalue weighted by Gasteiger charge is 2.64. The summed E-state index contributed by atoms with van der Waals surface area (Å²) in [5.74, 6) is 6.87. The maximum Gasteiger partial charge on any atom is 0.243 e. The fourth-order valence-electron chi connectivity index (χ4n) is 6.01.